The molecule has 3 N–H and O–H groups in total. The SMILES string of the molecule is NNC(CSc1ccccc1F)Cc1cc(Br)cs1. The summed E-state index contributed by atoms with van der Waals surface area (Å²) in [5, 5.41) is 2.05. The van der Waals surface area contributed by atoms with Crippen molar-refractivity contribution in [1.29, 1.82) is 0 Å². The van der Waals surface area contributed by atoms with Crippen LogP contribution in [0.5, 0.6) is 0 Å². The highest BCUT2D eigenvalue weighted by Gasteiger charge is 2.11. The van der Waals surface area contributed by atoms with Crippen molar-refractivity contribution >= 4 is 39.0 Å². The van der Waals surface area contributed by atoms with Crippen molar-refractivity contribution < 1.29 is 4.39 Å². The number of nitrogens with one attached hydrogen (secondary N) is 1. The van der Waals surface area contributed by atoms with Crippen molar-refractivity contribution in [2.75, 3.05) is 5.75 Å². The molecule has 0 saturated carbocycles. The van der Waals surface area contributed by atoms with Crippen LogP contribution in [-0.2, 0) is 6.42 Å². The quantitative estimate of drug-likeness (QED) is 0.467. The minimum atomic E-state index is -0.179. The summed E-state index contributed by atoms with van der Waals surface area (Å²) in [6.45, 7) is 0. The molecule has 0 aliphatic heterocycles. The van der Waals surface area contributed by atoms with Crippen molar-refractivity contribution in [1.82, 2.24) is 5.43 Å². The first kappa shape index (κ1) is 15.0. The van der Waals surface area contributed by atoms with Crippen molar-refractivity contribution in [3.63, 3.8) is 0 Å². The third-order valence-electron chi connectivity index (χ3n) is 2.58. The molecule has 19 heavy (non-hydrogen) atoms. The maximum absolute atomic E-state index is 13.5. The van der Waals surface area contributed by atoms with Crippen LogP contribution >= 0.6 is 39.0 Å². The van der Waals surface area contributed by atoms with Gasteiger partial charge in [0.1, 0.15) is 5.82 Å². The molecule has 0 aliphatic carbocycles. The summed E-state index contributed by atoms with van der Waals surface area (Å²) in [5.41, 5.74) is 2.80. The van der Waals surface area contributed by atoms with E-state index in [-0.39, 0.29) is 11.9 Å². The van der Waals surface area contributed by atoms with Crippen LogP contribution in [0, 0.1) is 5.82 Å². The number of nitrogens with two attached hydrogens (primary N) is 1. The Hall–Kier alpha value is -0.400. The number of hydrazine groups is 1. The third-order valence-corrected chi connectivity index (χ3v) is 5.51. The zero-order chi connectivity index (χ0) is 13.7. The standard InChI is InChI=1S/C13H14BrFN2S2/c14-9-5-11(18-7-9)6-10(17-16)8-19-13-4-2-1-3-12(13)15/h1-5,7,10,17H,6,8,16H2. The Kier molecular flexibility index (Phi) is 5.84. The first-order valence-corrected chi connectivity index (χ1v) is 8.41. The normalized spacial score (nSPS) is 12.6. The van der Waals surface area contributed by atoms with Crippen molar-refractivity contribution in [2.45, 2.75) is 17.4 Å². The minimum absolute atomic E-state index is 0.121. The molecule has 1 aromatic heterocycles. The lowest BCUT2D eigenvalue weighted by Crippen LogP contribution is -2.38. The van der Waals surface area contributed by atoms with E-state index in [0.29, 0.717) is 4.90 Å². The molecular formula is C13H14BrFN2S2. The molecule has 102 valence electrons. The van der Waals surface area contributed by atoms with Gasteiger partial charge in [0.15, 0.2) is 0 Å². The summed E-state index contributed by atoms with van der Waals surface area (Å²) >= 11 is 6.61. The van der Waals surface area contributed by atoms with Crippen LogP contribution < -0.4 is 11.3 Å². The number of hydrogen-bond acceptors (Lipinski definition) is 4. The first-order chi connectivity index (χ1) is 9.19. The van der Waals surface area contributed by atoms with Crippen LogP contribution in [0.4, 0.5) is 4.39 Å². The van der Waals surface area contributed by atoms with E-state index < -0.39 is 0 Å². The fraction of sp³-hybridized carbons (Fsp3) is 0.231. The van der Waals surface area contributed by atoms with Gasteiger partial charge in [0.2, 0.25) is 0 Å². The van der Waals surface area contributed by atoms with Crippen molar-refractivity contribution in [3.8, 4) is 0 Å². The van der Waals surface area contributed by atoms with Gasteiger partial charge < -0.3 is 0 Å². The van der Waals surface area contributed by atoms with Crippen LogP contribution in [0.2, 0.25) is 0 Å². The van der Waals surface area contributed by atoms with Gasteiger partial charge in [-0.1, -0.05) is 12.1 Å². The Labute approximate surface area is 128 Å². The third kappa shape index (κ3) is 4.57. The second-order valence-electron chi connectivity index (χ2n) is 4.04. The number of halogens is 2. The molecule has 2 rings (SSSR count). The van der Waals surface area contributed by atoms with E-state index in [2.05, 4.69) is 27.4 Å². The zero-order valence-electron chi connectivity index (χ0n) is 10.1. The topological polar surface area (TPSA) is 38.0 Å². The molecule has 0 bridgehead atoms. The molecule has 1 aromatic carbocycles. The highest BCUT2D eigenvalue weighted by molar-refractivity contribution is 9.10. The lowest BCUT2D eigenvalue weighted by Gasteiger charge is -2.14. The van der Waals surface area contributed by atoms with E-state index in [9.17, 15) is 4.39 Å². The lowest BCUT2D eigenvalue weighted by atomic mass is 10.2. The average molecular weight is 361 g/mol. The second-order valence-corrected chi connectivity index (χ2v) is 7.01. The largest absolute Gasteiger partial charge is 0.271 e. The van der Waals surface area contributed by atoms with Gasteiger partial charge in [0.25, 0.3) is 0 Å². The fourth-order valence-electron chi connectivity index (χ4n) is 1.62. The van der Waals surface area contributed by atoms with Gasteiger partial charge >= 0.3 is 0 Å². The predicted molar refractivity (Wildman–Crippen MR) is 84.0 cm³/mol. The van der Waals surface area contributed by atoms with Crippen LogP contribution in [0.1, 0.15) is 4.88 Å². The van der Waals surface area contributed by atoms with Crippen LogP contribution in [0.25, 0.3) is 0 Å². The highest BCUT2D eigenvalue weighted by Crippen LogP contribution is 2.25. The molecule has 0 fully saturated rings. The molecule has 0 spiro atoms. The van der Waals surface area contributed by atoms with Crippen LogP contribution in [0.3, 0.4) is 0 Å². The Morgan fingerprint density at radius 1 is 1.42 bits per heavy atom. The van der Waals surface area contributed by atoms with Gasteiger partial charge in [-0.05, 0) is 40.5 Å². The maximum Gasteiger partial charge on any atom is 0.136 e. The number of rotatable bonds is 6. The first-order valence-electron chi connectivity index (χ1n) is 5.75. The van der Waals surface area contributed by atoms with E-state index in [1.807, 2.05) is 11.4 Å². The Morgan fingerprint density at radius 2 is 2.21 bits per heavy atom. The summed E-state index contributed by atoms with van der Waals surface area (Å²) < 4.78 is 14.6. The molecule has 2 aromatic rings. The summed E-state index contributed by atoms with van der Waals surface area (Å²) in [6.07, 6.45) is 0.841. The molecular weight excluding hydrogens is 347 g/mol. The second kappa shape index (κ2) is 7.40. The smallest absolute Gasteiger partial charge is 0.136 e. The van der Waals surface area contributed by atoms with Gasteiger partial charge in [-0.2, -0.15) is 0 Å². The van der Waals surface area contributed by atoms with Crippen molar-refractivity contribution in [3.05, 3.63) is 50.9 Å². The summed E-state index contributed by atoms with van der Waals surface area (Å²) in [7, 11) is 0. The number of thiophene rings is 1. The fourth-order valence-corrected chi connectivity index (χ4v) is 4.13. The molecule has 6 heteroatoms. The minimum Gasteiger partial charge on any atom is -0.271 e. The molecule has 1 unspecified atom stereocenters. The molecule has 2 nitrogen and oxygen atoms in total. The highest BCUT2D eigenvalue weighted by atomic mass is 79.9. The van der Waals surface area contributed by atoms with E-state index in [1.165, 1.54) is 22.7 Å². The predicted octanol–water partition coefficient (Wildman–Crippen LogP) is 3.82. The molecule has 0 saturated heterocycles. The Balaban J connectivity index is 1.91. The molecule has 0 aliphatic rings. The number of benzene rings is 1. The van der Waals surface area contributed by atoms with Gasteiger partial charge in [-0.25, -0.2) is 4.39 Å². The van der Waals surface area contributed by atoms with Crippen LogP contribution in [-0.4, -0.2) is 11.8 Å². The van der Waals surface area contributed by atoms with Gasteiger partial charge in [0, 0.05) is 31.4 Å². The van der Waals surface area contributed by atoms with E-state index in [4.69, 9.17) is 5.84 Å². The number of hydrogen-bond donors (Lipinski definition) is 2. The van der Waals surface area contributed by atoms with E-state index in [0.717, 1.165) is 16.6 Å². The number of thioether (sulfide) groups is 1. The summed E-state index contributed by atoms with van der Waals surface area (Å²) in [6, 6.07) is 9.01. The van der Waals surface area contributed by atoms with Gasteiger partial charge in [0.05, 0.1) is 0 Å². The Morgan fingerprint density at radius 3 is 2.84 bits per heavy atom. The van der Waals surface area contributed by atoms with E-state index in [1.54, 1.807) is 23.5 Å². The van der Waals surface area contributed by atoms with Crippen molar-refractivity contribution in [2.24, 2.45) is 5.84 Å². The molecule has 0 radical (unpaired) electrons. The Bertz CT molecular complexity index is 533. The molecule has 1 atom stereocenters. The lowest BCUT2D eigenvalue weighted by molar-refractivity contribution is 0.576. The van der Waals surface area contributed by atoms with Crippen LogP contribution in [0.15, 0.2) is 45.1 Å². The van der Waals surface area contributed by atoms with E-state index >= 15 is 0 Å². The zero-order valence-corrected chi connectivity index (χ0v) is 13.3. The van der Waals surface area contributed by atoms with Gasteiger partial charge in [-0.15, -0.1) is 23.1 Å². The summed E-state index contributed by atoms with van der Waals surface area (Å²) in [4.78, 5) is 1.92. The van der Waals surface area contributed by atoms with Gasteiger partial charge in [-0.3, -0.25) is 11.3 Å². The molecule has 0 amide bonds. The molecule has 1 heterocycles. The average Bonchev–Trinajstić information content (AvgIpc) is 2.81. The monoisotopic (exact) mass is 360 g/mol. The maximum atomic E-state index is 13.5. The summed E-state index contributed by atoms with van der Waals surface area (Å²) in [5.74, 6) is 6.12.